The highest BCUT2D eigenvalue weighted by molar-refractivity contribution is 5.94. The van der Waals surface area contributed by atoms with E-state index in [-0.39, 0.29) is 17.5 Å². The van der Waals surface area contributed by atoms with Gasteiger partial charge in [0.2, 0.25) is 5.89 Å². The van der Waals surface area contributed by atoms with Crippen molar-refractivity contribution in [3.63, 3.8) is 0 Å². The fourth-order valence-corrected chi connectivity index (χ4v) is 3.13. The van der Waals surface area contributed by atoms with Crippen LogP contribution in [0.5, 0.6) is 0 Å². The fraction of sp³-hybridized carbons (Fsp3) is 0.526. The smallest absolute Gasteiger partial charge is 0.338 e. The second-order valence-corrected chi connectivity index (χ2v) is 7.23. The van der Waals surface area contributed by atoms with Crippen LogP contribution in [-0.2, 0) is 6.18 Å². The molecular weight excluding hydrogens is 373 g/mol. The minimum Gasteiger partial charge on any atom is -0.338 e. The topological polar surface area (TPSA) is 62.5 Å². The molecule has 1 unspecified atom stereocenters. The summed E-state index contributed by atoms with van der Waals surface area (Å²) in [5, 5.41) is 3.97. The van der Waals surface area contributed by atoms with Crippen LogP contribution < -0.4 is 0 Å². The summed E-state index contributed by atoms with van der Waals surface area (Å²) in [5.41, 5.74) is -0.766. The highest BCUT2D eigenvalue weighted by atomic mass is 19.4. The van der Waals surface area contributed by atoms with Crippen LogP contribution in [0, 0.1) is 0 Å². The molecule has 0 bridgehead atoms. The molecule has 0 spiro atoms. The Kier molecular flexibility index (Phi) is 5.74. The van der Waals surface area contributed by atoms with Gasteiger partial charge in [-0.25, -0.2) is 0 Å². The van der Waals surface area contributed by atoms with Crippen molar-refractivity contribution in [1.82, 2.24) is 19.9 Å². The van der Waals surface area contributed by atoms with Gasteiger partial charge in [-0.1, -0.05) is 25.1 Å². The van der Waals surface area contributed by atoms with Gasteiger partial charge < -0.3 is 9.42 Å². The third-order valence-electron chi connectivity index (χ3n) is 4.92. The second kappa shape index (κ2) is 7.90. The standard InChI is InChI=1S/C19H23F3N4O2/c1-12(2)16-23-17(28-24-16)13(3)25-7-9-26(10-8-25)18(27)14-5-4-6-15(11-14)19(20,21)22/h4-6,11-13H,7-10H2,1-3H3. The highest BCUT2D eigenvalue weighted by Gasteiger charge is 2.32. The lowest BCUT2D eigenvalue weighted by atomic mass is 10.1. The van der Waals surface area contributed by atoms with E-state index in [1.807, 2.05) is 20.8 Å². The number of hydrogen-bond donors (Lipinski definition) is 0. The Morgan fingerprint density at radius 1 is 1.14 bits per heavy atom. The first-order valence-electron chi connectivity index (χ1n) is 9.21. The van der Waals surface area contributed by atoms with Gasteiger partial charge in [-0.2, -0.15) is 18.2 Å². The Bertz CT molecular complexity index is 827. The average molecular weight is 396 g/mol. The summed E-state index contributed by atoms with van der Waals surface area (Å²) >= 11 is 0. The third-order valence-corrected chi connectivity index (χ3v) is 4.92. The summed E-state index contributed by atoms with van der Waals surface area (Å²) in [5.74, 6) is 0.964. The number of hydrogen-bond acceptors (Lipinski definition) is 5. The molecule has 0 N–H and O–H groups in total. The van der Waals surface area contributed by atoms with Crippen LogP contribution in [0.3, 0.4) is 0 Å². The van der Waals surface area contributed by atoms with E-state index in [1.54, 1.807) is 4.90 Å². The summed E-state index contributed by atoms with van der Waals surface area (Å²) in [6.45, 7) is 7.92. The molecular formula is C19H23F3N4O2. The predicted molar refractivity (Wildman–Crippen MR) is 95.7 cm³/mol. The van der Waals surface area contributed by atoms with Gasteiger partial charge in [0.15, 0.2) is 5.82 Å². The minimum absolute atomic E-state index is 0.0507. The minimum atomic E-state index is -4.47. The Balaban J connectivity index is 1.62. The largest absolute Gasteiger partial charge is 0.416 e. The molecule has 2 heterocycles. The van der Waals surface area contributed by atoms with Crippen LogP contribution in [0.15, 0.2) is 28.8 Å². The van der Waals surface area contributed by atoms with Gasteiger partial charge in [-0.15, -0.1) is 0 Å². The van der Waals surface area contributed by atoms with Gasteiger partial charge in [0.1, 0.15) is 0 Å². The fourth-order valence-electron chi connectivity index (χ4n) is 3.13. The molecule has 0 saturated carbocycles. The zero-order valence-electron chi connectivity index (χ0n) is 16.0. The predicted octanol–water partition coefficient (Wildman–Crippen LogP) is 3.73. The van der Waals surface area contributed by atoms with Crippen molar-refractivity contribution >= 4 is 5.91 Å². The molecule has 6 nitrogen and oxygen atoms in total. The second-order valence-electron chi connectivity index (χ2n) is 7.23. The Morgan fingerprint density at radius 3 is 2.39 bits per heavy atom. The molecule has 1 saturated heterocycles. The van der Waals surface area contributed by atoms with E-state index in [1.165, 1.54) is 12.1 Å². The van der Waals surface area contributed by atoms with Crippen molar-refractivity contribution in [1.29, 1.82) is 0 Å². The van der Waals surface area contributed by atoms with Gasteiger partial charge in [0.25, 0.3) is 5.91 Å². The molecule has 1 aromatic carbocycles. The van der Waals surface area contributed by atoms with E-state index in [9.17, 15) is 18.0 Å². The van der Waals surface area contributed by atoms with Crippen molar-refractivity contribution in [2.24, 2.45) is 0 Å². The van der Waals surface area contributed by atoms with Crippen molar-refractivity contribution in [3.05, 3.63) is 47.1 Å². The number of alkyl halides is 3. The number of aromatic nitrogens is 2. The molecule has 2 aromatic rings. The number of rotatable bonds is 4. The maximum absolute atomic E-state index is 12.9. The van der Waals surface area contributed by atoms with E-state index in [0.29, 0.717) is 37.9 Å². The highest BCUT2D eigenvalue weighted by Crippen LogP contribution is 2.30. The SMILES string of the molecule is CC(C)c1noc(C(C)N2CCN(C(=O)c3cccc(C(F)(F)F)c3)CC2)n1. The van der Waals surface area contributed by atoms with Crippen molar-refractivity contribution in [2.45, 2.75) is 38.9 Å². The van der Waals surface area contributed by atoms with Crippen LogP contribution in [-0.4, -0.2) is 52.0 Å². The number of carbonyl (C=O) groups is 1. The first kappa shape index (κ1) is 20.3. The maximum atomic E-state index is 12.9. The molecule has 1 fully saturated rings. The summed E-state index contributed by atoms with van der Waals surface area (Å²) in [7, 11) is 0. The summed E-state index contributed by atoms with van der Waals surface area (Å²) in [6, 6.07) is 4.45. The lowest BCUT2D eigenvalue weighted by molar-refractivity contribution is -0.137. The van der Waals surface area contributed by atoms with Gasteiger partial charge in [0.05, 0.1) is 11.6 Å². The summed E-state index contributed by atoms with van der Waals surface area (Å²) in [6.07, 6.45) is -4.47. The number of piperazine rings is 1. The normalized spacial score (nSPS) is 17.2. The van der Waals surface area contributed by atoms with Crippen molar-refractivity contribution < 1.29 is 22.5 Å². The Hall–Kier alpha value is -2.42. The van der Waals surface area contributed by atoms with Crippen LogP contribution >= 0.6 is 0 Å². The average Bonchev–Trinajstić information content (AvgIpc) is 3.17. The lowest BCUT2D eigenvalue weighted by Crippen LogP contribution is -2.49. The molecule has 1 amide bonds. The van der Waals surface area contributed by atoms with E-state index in [0.717, 1.165) is 12.1 Å². The number of amides is 1. The zero-order chi connectivity index (χ0) is 20.5. The number of halogens is 3. The van der Waals surface area contributed by atoms with E-state index in [2.05, 4.69) is 15.0 Å². The lowest BCUT2D eigenvalue weighted by Gasteiger charge is -2.36. The molecule has 9 heteroatoms. The molecule has 152 valence electrons. The van der Waals surface area contributed by atoms with Gasteiger partial charge >= 0.3 is 6.18 Å². The van der Waals surface area contributed by atoms with Gasteiger partial charge in [0, 0.05) is 37.7 Å². The molecule has 1 aliphatic heterocycles. The molecule has 0 aliphatic carbocycles. The van der Waals surface area contributed by atoms with Crippen molar-refractivity contribution in [2.75, 3.05) is 26.2 Å². The Morgan fingerprint density at radius 2 is 1.82 bits per heavy atom. The number of nitrogens with zero attached hydrogens (tertiary/aromatic N) is 4. The summed E-state index contributed by atoms with van der Waals surface area (Å²) in [4.78, 5) is 20.7. The van der Waals surface area contributed by atoms with E-state index in [4.69, 9.17) is 4.52 Å². The zero-order valence-corrected chi connectivity index (χ0v) is 16.0. The molecule has 0 radical (unpaired) electrons. The third kappa shape index (κ3) is 4.35. The first-order chi connectivity index (χ1) is 13.2. The van der Waals surface area contributed by atoms with E-state index < -0.39 is 17.6 Å². The molecule has 28 heavy (non-hydrogen) atoms. The summed E-state index contributed by atoms with van der Waals surface area (Å²) < 4.78 is 44.0. The molecule has 1 aliphatic rings. The maximum Gasteiger partial charge on any atom is 0.416 e. The van der Waals surface area contributed by atoms with Crippen LogP contribution in [0.4, 0.5) is 13.2 Å². The quantitative estimate of drug-likeness (QED) is 0.788. The Labute approximate surface area is 161 Å². The number of carbonyl (C=O) groups excluding carboxylic acids is 1. The monoisotopic (exact) mass is 396 g/mol. The number of benzene rings is 1. The van der Waals surface area contributed by atoms with Gasteiger partial charge in [-0.3, -0.25) is 9.69 Å². The van der Waals surface area contributed by atoms with Crippen molar-refractivity contribution in [3.8, 4) is 0 Å². The molecule has 1 atom stereocenters. The molecule has 3 rings (SSSR count). The van der Waals surface area contributed by atoms with Gasteiger partial charge in [-0.05, 0) is 25.1 Å². The first-order valence-corrected chi connectivity index (χ1v) is 9.21. The van der Waals surface area contributed by atoms with Crippen LogP contribution in [0.2, 0.25) is 0 Å². The molecule has 1 aromatic heterocycles. The van der Waals surface area contributed by atoms with Crippen LogP contribution in [0.25, 0.3) is 0 Å². The van der Waals surface area contributed by atoms with Crippen LogP contribution in [0.1, 0.15) is 60.4 Å². The van der Waals surface area contributed by atoms with E-state index >= 15 is 0 Å².